The summed E-state index contributed by atoms with van der Waals surface area (Å²) in [5.74, 6) is -2.12. The van der Waals surface area contributed by atoms with Gasteiger partial charge in [-0.2, -0.15) is 0 Å². The van der Waals surface area contributed by atoms with Crippen molar-refractivity contribution in [3.63, 3.8) is 0 Å². The minimum atomic E-state index is -1.54. The molecule has 1 aliphatic heterocycles. The molecular formula is C33H53N3O5. The first-order chi connectivity index (χ1) is 19.4. The number of methoxy groups -OCH3 is 1. The molecule has 1 heterocycles. The van der Waals surface area contributed by atoms with Crippen LogP contribution in [0.5, 0.6) is 5.75 Å². The van der Waals surface area contributed by atoms with Gasteiger partial charge in [-0.05, 0) is 45.2 Å². The van der Waals surface area contributed by atoms with Crippen molar-refractivity contribution < 1.29 is 24.5 Å². The van der Waals surface area contributed by atoms with Crippen molar-refractivity contribution in [1.82, 2.24) is 4.90 Å². The molecule has 0 amide bonds. The molecule has 1 aromatic rings. The molecule has 41 heavy (non-hydrogen) atoms. The highest BCUT2D eigenvalue weighted by Crippen LogP contribution is 2.53. The SMILES string of the molecule is CCCCCCCCCCCCCCCc1c(N)cc(N)c(OC)c1C1(C)C(C(=O)O)=C(C)N(C)C(C)=C1C(=O)O. The van der Waals surface area contributed by atoms with Crippen LogP contribution in [-0.4, -0.2) is 41.2 Å². The summed E-state index contributed by atoms with van der Waals surface area (Å²) >= 11 is 0. The maximum absolute atomic E-state index is 12.7. The molecule has 0 aromatic heterocycles. The van der Waals surface area contributed by atoms with Crippen LogP contribution in [0.1, 0.15) is 122 Å². The predicted molar refractivity (Wildman–Crippen MR) is 167 cm³/mol. The van der Waals surface area contributed by atoms with E-state index in [0.717, 1.165) is 19.3 Å². The Hall–Kier alpha value is -3.16. The van der Waals surface area contributed by atoms with Crippen LogP contribution in [0.15, 0.2) is 28.6 Å². The van der Waals surface area contributed by atoms with Gasteiger partial charge in [-0.3, -0.25) is 0 Å². The molecule has 8 nitrogen and oxygen atoms in total. The first-order valence-corrected chi connectivity index (χ1v) is 15.3. The number of carboxylic acids is 2. The summed E-state index contributed by atoms with van der Waals surface area (Å²) in [7, 11) is 3.14. The number of carbonyl (C=O) groups is 2. The number of nitrogens with two attached hydrogens (primary N) is 2. The summed E-state index contributed by atoms with van der Waals surface area (Å²) in [4.78, 5) is 27.1. The zero-order valence-electron chi connectivity index (χ0n) is 26.2. The largest absolute Gasteiger partial charge is 0.494 e. The normalized spacial score (nSPS) is 15.0. The molecule has 1 aliphatic rings. The Morgan fingerprint density at radius 3 is 1.61 bits per heavy atom. The van der Waals surface area contributed by atoms with Crippen LogP contribution in [0.4, 0.5) is 11.4 Å². The van der Waals surface area contributed by atoms with E-state index in [2.05, 4.69) is 6.92 Å². The number of nitrogen functional groups attached to an aromatic ring is 2. The van der Waals surface area contributed by atoms with Crippen LogP contribution in [-0.2, 0) is 21.4 Å². The molecular weight excluding hydrogens is 518 g/mol. The fourth-order valence-corrected chi connectivity index (χ4v) is 6.51. The molecule has 0 saturated carbocycles. The van der Waals surface area contributed by atoms with Crippen molar-refractivity contribution in [3.8, 4) is 5.75 Å². The van der Waals surface area contributed by atoms with Crippen molar-refractivity contribution in [1.29, 1.82) is 0 Å². The second-order valence-corrected chi connectivity index (χ2v) is 11.6. The van der Waals surface area contributed by atoms with E-state index < -0.39 is 17.4 Å². The first kappa shape index (κ1) is 34.0. The summed E-state index contributed by atoms with van der Waals surface area (Å²) < 4.78 is 5.74. The number of nitrogens with zero attached hydrogens (tertiary/aromatic N) is 1. The van der Waals surface area contributed by atoms with Crippen LogP contribution in [0, 0.1) is 0 Å². The maximum atomic E-state index is 12.7. The quantitative estimate of drug-likeness (QED) is 0.105. The van der Waals surface area contributed by atoms with E-state index in [0.29, 0.717) is 34.6 Å². The lowest BCUT2D eigenvalue weighted by Crippen LogP contribution is -2.44. The average molecular weight is 572 g/mol. The lowest BCUT2D eigenvalue weighted by molar-refractivity contribution is -0.134. The van der Waals surface area contributed by atoms with Crippen LogP contribution < -0.4 is 16.2 Å². The fourth-order valence-electron chi connectivity index (χ4n) is 6.51. The molecule has 2 rings (SSSR count). The molecule has 230 valence electrons. The van der Waals surface area contributed by atoms with Gasteiger partial charge in [0, 0.05) is 29.7 Å². The van der Waals surface area contributed by atoms with E-state index in [4.69, 9.17) is 16.2 Å². The third kappa shape index (κ3) is 7.77. The van der Waals surface area contributed by atoms with Crippen molar-refractivity contribution in [3.05, 3.63) is 39.7 Å². The summed E-state index contributed by atoms with van der Waals surface area (Å²) in [6.07, 6.45) is 16.6. The fraction of sp³-hybridized carbons (Fsp3) is 0.636. The van der Waals surface area contributed by atoms with Gasteiger partial charge in [-0.25, -0.2) is 9.59 Å². The highest BCUT2D eigenvalue weighted by Gasteiger charge is 2.51. The molecule has 0 bridgehead atoms. The number of benzene rings is 1. The highest BCUT2D eigenvalue weighted by atomic mass is 16.5. The number of hydrogen-bond donors (Lipinski definition) is 4. The second kappa shape index (κ2) is 15.7. The van der Waals surface area contributed by atoms with Gasteiger partial charge in [0.1, 0.15) is 5.75 Å². The Morgan fingerprint density at radius 1 is 0.805 bits per heavy atom. The summed E-state index contributed by atoms with van der Waals surface area (Å²) in [6.45, 7) is 7.28. The third-order valence-electron chi connectivity index (χ3n) is 8.84. The zero-order valence-corrected chi connectivity index (χ0v) is 26.2. The van der Waals surface area contributed by atoms with Gasteiger partial charge in [0.2, 0.25) is 0 Å². The third-order valence-corrected chi connectivity index (χ3v) is 8.84. The standard InChI is InChI=1S/C33H53N3O5/c1-7-8-9-10-11-12-13-14-15-16-17-18-19-20-24-25(34)21-26(35)30(41-6)29(24)33(4)27(31(37)38)22(2)36(5)23(3)28(33)32(39)40/h21H,7-20,34-35H2,1-6H3,(H,37,38)(H,39,40). The van der Waals surface area contributed by atoms with Gasteiger partial charge >= 0.3 is 11.9 Å². The van der Waals surface area contributed by atoms with Crippen LogP contribution in [0.2, 0.25) is 0 Å². The summed E-state index contributed by atoms with van der Waals surface area (Å²) in [5, 5.41) is 20.8. The minimum absolute atomic E-state index is 0.0297. The van der Waals surface area contributed by atoms with E-state index in [1.807, 2.05) is 0 Å². The van der Waals surface area contributed by atoms with Gasteiger partial charge in [0.05, 0.1) is 29.4 Å². The molecule has 0 unspecified atom stereocenters. The van der Waals surface area contributed by atoms with E-state index in [9.17, 15) is 19.8 Å². The number of ether oxygens (including phenoxy) is 1. The number of aliphatic carboxylic acids is 2. The average Bonchev–Trinajstić information content (AvgIpc) is 2.90. The number of carboxylic acid groups (broad SMARTS) is 2. The Kier molecular flexibility index (Phi) is 13.1. The number of hydrogen-bond acceptors (Lipinski definition) is 6. The van der Waals surface area contributed by atoms with Gasteiger partial charge in [-0.15, -0.1) is 0 Å². The first-order valence-electron chi connectivity index (χ1n) is 15.3. The van der Waals surface area contributed by atoms with Gasteiger partial charge in [0.25, 0.3) is 0 Å². The molecule has 0 radical (unpaired) electrons. The molecule has 0 fully saturated rings. The van der Waals surface area contributed by atoms with Gasteiger partial charge in [-0.1, -0.05) is 84.0 Å². The van der Waals surface area contributed by atoms with Crippen LogP contribution in [0.25, 0.3) is 0 Å². The molecule has 0 atom stereocenters. The monoisotopic (exact) mass is 571 g/mol. The smallest absolute Gasteiger partial charge is 0.334 e. The number of anilines is 2. The molecule has 0 aliphatic carbocycles. The zero-order chi connectivity index (χ0) is 30.7. The van der Waals surface area contributed by atoms with E-state index in [-0.39, 0.29) is 22.6 Å². The van der Waals surface area contributed by atoms with Crippen LogP contribution >= 0.6 is 0 Å². The molecule has 1 aromatic carbocycles. The number of rotatable bonds is 18. The van der Waals surface area contributed by atoms with E-state index >= 15 is 0 Å². The lowest BCUT2D eigenvalue weighted by atomic mass is 9.64. The van der Waals surface area contributed by atoms with Crippen molar-refractivity contribution in [2.75, 3.05) is 25.6 Å². The van der Waals surface area contributed by atoms with Crippen molar-refractivity contribution in [2.24, 2.45) is 0 Å². The molecule has 8 heteroatoms. The van der Waals surface area contributed by atoms with Crippen LogP contribution in [0.3, 0.4) is 0 Å². The Balaban J connectivity index is 2.27. The Bertz CT molecular complexity index is 1100. The van der Waals surface area contributed by atoms with Gasteiger partial charge in [0.15, 0.2) is 0 Å². The topological polar surface area (TPSA) is 139 Å². The van der Waals surface area contributed by atoms with Crippen molar-refractivity contribution >= 4 is 23.3 Å². The Morgan fingerprint density at radius 2 is 1.22 bits per heavy atom. The molecule has 6 N–H and O–H groups in total. The van der Waals surface area contributed by atoms with E-state index in [1.165, 1.54) is 71.3 Å². The molecule has 0 spiro atoms. The number of allylic oxidation sites excluding steroid dienone is 2. The van der Waals surface area contributed by atoms with Crippen molar-refractivity contribution in [2.45, 2.75) is 123 Å². The minimum Gasteiger partial charge on any atom is -0.494 e. The van der Waals surface area contributed by atoms with Gasteiger partial charge < -0.3 is 31.3 Å². The Labute approximate surface area is 246 Å². The van der Waals surface area contributed by atoms with E-state index in [1.54, 1.807) is 38.8 Å². The highest BCUT2D eigenvalue weighted by molar-refractivity contribution is 6.01. The predicted octanol–water partition coefficient (Wildman–Crippen LogP) is 7.41. The second-order valence-electron chi connectivity index (χ2n) is 11.6. The number of unbranched alkanes of at least 4 members (excludes halogenated alkanes) is 12. The maximum Gasteiger partial charge on any atom is 0.334 e. The summed E-state index contributed by atoms with van der Waals surface area (Å²) in [6, 6.07) is 1.63. The summed E-state index contributed by atoms with van der Waals surface area (Å²) in [5.41, 5.74) is 14.0. The lowest BCUT2D eigenvalue weighted by Gasteiger charge is -2.43. The molecule has 0 saturated heterocycles.